The number of aromatic nitrogens is 3. The lowest BCUT2D eigenvalue weighted by atomic mass is 10.2. The molecule has 1 fully saturated rings. The quantitative estimate of drug-likeness (QED) is 0.331. The van der Waals surface area contributed by atoms with Gasteiger partial charge in [0.15, 0.2) is 11.8 Å². The Bertz CT molecular complexity index is 762. The van der Waals surface area contributed by atoms with Gasteiger partial charge in [0, 0.05) is 27.2 Å². The molecule has 1 unspecified atom stereocenters. The molecule has 1 aliphatic rings. The molecular weight excluding hydrogens is 483 g/mol. The highest BCUT2D eigenvalue weighted by molar-refractivity contribution is 14.0. The highest BCUT2D eigenvalue weighted by atomic mass is 127. The summed E-state index contributed by atoms with van der Waals surface area (Å²) in [4.78, 5) is 6.82. The van der Waals surface area contributed by atoms with Crippen LogP contribution >= 0.6 is 24.0 Å². The second-order valence-electron chi connectivity index (χ2n) is 6.96. The number of rotatable bonds is 8. The number of para-hydroxylation sites is 1. The third kappa shape index (κ3) is 7.14. The van der Waals surface area contributed by atoms with E-state index >= 15 is 0 Å². The van der Waals surface area contributed by atoms with E-state index in [4.69, 9.17) is 14.5 Å². The predicted molar refractivity (Wildman–Crippen MR) is 124 cm³/mol. The van der Waals surface area contributed by atoms with Crippen LogP contribution in [0.4, 0.5) is 0 Å². The molecule has 8 nitrogen and oxygen atoms in total. The average molecular weight is 514 g/mol. The van der Waals surface area contributed by atoms with E-state index in [1.807, 2.05) is 55.9 Å². The number of aliphatic imine (C=N–C) groups is 1. The molecule has 2 aromatic rings. The summed E-state index contributed by atoms with van der Waals surface area (Å²) in [5, 5.41) is 11.7. The zero-order valence-electron chi connectivity index (χ0n) is 17.4. The van der Waals surface area contributed by atoms with Crippen molar-refractivity contribution in [2.24, 2.45) is 12.0 Å². The Hall–Kier alpha value is -1.88. The highest BCUT2D eigenvalue weighted by Crippen LogP contribution is 2.11. The maximum atomic E-state index is 5.81. The largest absolute Gasteiger partial charge is 0.492 e. The molecule has 29 heavy (non-hydrogen) atoms. The fourth-order valence-electron chi connectivity index (χ4n) is 2.98. The maximum Gasteiger partial charge on any atom is 0.194 e. The molecular formula is C20H31IN6O2. The van der Waals surface area contributed by atoms with Crippen LogP contribution in [0.2, 0.25) is 0 Å². The van der Waals surface area contributed by atoms with E-state index in [2.05, 4.69) is 20.4 Å². The molecule has 0 aliphatic carbocycles. The van der Waals surface area contributed by atoms with Gasteiger partial charge in [0.2, 0.25) is 0 Å². The fraction of sp³-hybridized carbons (Fsp3) is 0.550. The number of nitrogens with zero attached hydrogens (tertiary/aromatic N) is 5. The molecule has 0 spiro atoms. The molecule has 160 valence electrons. The number of guanidine groups is 1. The van der Waals surface area contributed by atoms with Crippen LogP contribution in [0.3, 0.4) is 0 Å². The first-order valence-corrected chi connectivity index (χ1v) is 9.77. The van der Waals surface area contributed by atoms with Gasteiger partial charge in [0.05, 0.1) is 12.6 Å². The van der Waals surface area contributed by atoms with Crippen molar-refractivity contribution in [2.45, 2.75) is 32.4 Å². The highest BCUT2D eigenvalue weighted by Gasteiger charge is 2.17. The van der Waals surface area contributed by atoms with Crippen LogP contribution in [-0.4, -0.2) is 65.1 Å². The third-order valence-corrected chi connectivity index (χ3v) is 4.87. The van der Waals surface area contributed by atoms with E-state index in [0.29, 0.717) is 19.7 Å². The Morgan fingerprint density at radius 1 is 1.34 bits per heavy atom. The Kier molecular flexibility index (Phi) is 9.65. The van der Waals surface area contributed by atoms with Crippen molar-refractivity contribution in [3.8, 4) is 5.75 Å². The molecule has 1 saturated heterocycles. The number of benzene rings is 1. The molecule has 0 amide bonds. The van der Waals surface area contributed by atoms with Crippen molar-refractivity contribution in [1.82, 2.24) is 25.0 Å². The topological polar surface area (TPSA) is 76.8 Å². The lowest BCUT2D eigenvalue weighted by Gasteiger charge is -2.23. The monoisotopic (exact) mass is 514 g/mol. The summed E-state index contributed by atoms with van der Waals surface area (Å²) in [5.74, 6) is 3.40. The summed E-state index contributed by atoms with van der Waals surface area (Å²) in [5.41, 5.74) is 0. The van der Waals surface area contributed by atoms with Gasteiger partial charge < -0.3 is 24.3 Å². The number of nitrogens with one attached hydrogen (secondary N) is 1. The molecule has 2 heterocycles. The van der Waals surface area contributed by atoms with Crippen LogP contribution in [0.25, 0.3) is 0 Å². The first-order valence-electron chi connectivity index (χ1n) is 9.77. The summed E-state index contributed by atoms with van der Waals surface area (Å²) < 4.78 is 13.5. The Labute approximate surface area is 189 Å². The molecule has 0 radical (unpaired) electrons. The predicted octanol–water partition coefficient (Wildman–Crippen LogP) is 2.38. The molecule has 0 saturated carbocycles. The molecule has 0 bridgehead atoms. The Morgan fingerprint density at radius 3 is 2.79 bits per heavy atom. The Balaban J connectivity index is 0.00000300. The summed E-state index contributed by atoms with van der Waals surface area (Å²) in [7, 11) is 3.97. The number of halogens is 1. The van der Waals surface area contributed by atoms with Crippen molar-refractivity contribution in [3.05, 3.63) is 42.0 Å². The van der Waals surface area contributed by atoms with Gasteiger partial charge in [0.25, 0.3) is 0 Å². The van der Waals surface area contributed by atoms with Crippen LogP contribution in [0.15, 0.2) is 35.3 Å². The summed E-state index contributed by atoms with van der Waals surface area (Å²) in [6.07, 6.45) is 2.46. The number of ether oxygens (including phenoxy) is 2. The second kappa shape index (κ2) is 12.0. The van der Waals surface area contributed by atoms with Crippen molar-refractivity contribution < 1.29 is 9.47 Å². The standard InChI is InChI=1S/C20H30N6O2.HI/c1-16-23-24-19(26(16)3)15-22-20(21-14-18-10-7-12-27-18)25(2)11-13-28-17-8-5-4-6-9-17;/h4-6,8-9,18H,7,10-15H2,1-3H3,(H,21,22);1H. The minimum Gasteiger partial charge on any atom is -0.492 e. The van der Waals surface area contributed by atoms with Crippen molar-refractivity contribution in [2.75, 3.05) is 33.4 Å². The number of hydrogen-bond acceptors (Lipinski definition) is 5. The SMILES string of the molecule is Cc1nnc(CN=C(NCC2CCCO2)N(C)CCOc2ccccc2)n1C.I. The first-order chi connectivity index (χ1) is 13.6. The Morgan fingerprint density at radius 2 is 2.14 bits per heavy atom. The van der Waals surface area contributed by atoms with Crippen molar-refractivity contribution in [3.63, 3.8) is 0 Å². The molecule has 1 atom stereocenters. The third-order valence-electron chi connectivity index (χ3n) is 4.87. The second-order valence-corrected chi connectivity index (χ2v) is 6.96. The van der Waals surface area contributed by atoms with Gasteiger partial charge in [0.1, 0.15) is 24.7 Å². The van der Waals surface area contributed by atoms with E-state index < -0.39 is 0 Å². The van der Waals surface area contributed by atoms with Gasteiger partial charge in [-0.25, -0.2) is 4.99 Å². The summed E-state index contributed by atoms with van der Waals surface area (Å²) in [6.45, 7) is 5.28. The van der Waals surface area contributed by atoms with E-state index in [0.717, 1.165) is 49.4 Å². The van der Waals surface area contributed by atoms with Gasteiger partial charge in [-0.3, -0.25) is 0 Å². The van der Waals surface area contributed by atoms with Crippen molar-refractivity contribution >= 4 is 29.9 Å². The maximum absolute atomic E-state index is 5.81. The van der Waals surface area contributed by atoms with Crippen molar-refractivity contribution in [1.29, 1.82) is 0 Å². The van der Waals surface area contributed by atoms with E-state index in [9.17, 15) is 0 Å². The molecule has 3 rings (SSSR count). The van der Waals surface area contributed by atoms with Crippen LogP contribution in [-0.2, 0) is 18.3 Å². The number of likely N-dealkylation sites (N-methyl/N-ethyl adjacent to an activating group) is 1. The van der Waals surface area contributed by atoms with E-state index in [-0.39, 0.29) is 30.1 Å². The molecule has 1 aromatic heterocycles. The van der Waals surface area contributed by atoms with Gasteiger partial charge in [-0.2, -0.15) is 0 Å². The molecule has 1 N–H and O–H groups in total. The fourth-order valence-corrected chi connectivity index (χ4v) is 2.98. The average Bonchev–Trinajstić information content (AvgIpc) is 3.34. The minimum absolute atomic E-state index is 0. The lowest BCUT2D eigenvalue weighted by Crippen LogP contribution is -2.43. The van der Waals surface area contributed by atoms with E-state index in [1.165, 1.54) is 0 Å². The summed E-state index contributed by atoms with van der Waals surface area (Å²) in [6, 6.07) is 9.84. The smallest absolute Gasteiger partial charge is 0.194 e. The zero-order valence-corrected chi connectivity index (χ0v) is 19.7. The van der Waals surface area contributed by atoms with Gasteiger partial charge >= 0.3 is 0 Å². The molecule has 1 aliphatic heterocycles. The van der Waals surface area contributed by atoms with Gasteiger partial charge in [-0.05, 0) is 31.9 Å². The normalized spacial score (nSPS) is 16.4. The van der Waals surface area contributed by atoms with E-state index in [1.54, 1.807) is 0 Å². The van der Waals surface area contributed by atoms with Gasteiger partial charge in [-0.15, -0.1) is 34.2 Å². The molecule has 1 aromatic carbocycles. The first kappa shape index (κ1) is 23.4. The van der Waals surface area contributed by atoms with Crippen LogP contribution in [0.1, 0.15) is 24.5 Å². The molecule has 9 heteroatoms. The summed E-state index contributed by atoms with van der Waals surface area (Å²) >= 11 is 0. The number of hydrogen-bond donors (Lipinski definition) is 1. The van der Waals surface area contributed by atoms with Crippen LogP contribution < -0.4 is 10.1 Å². The minimum atomic E-state index is 0. The van der Waals surface area contributed by atoms with Crippen LogP contribution in [0, 0.1) is 6.92 Å². The zero-order chi connectivity index (χ0) is 19.8. The lowest BCUT2D eigenvalue weighted by molar-refractivity contribution is 0.113. The van der Waals surface area contributed by atoms with Gasteiger partial charge in [-0.1, -0.05) is 18.2 Å². The van der Waals surface area contributed by atoms with Crippen LogP contribution in [0.5, 0.6) is 5.75 Å². The number of aryl methyl sites for hydroxylation is 1.